The van der Waals surface area contributed by atoms with E-state index in [-0.39, 0.29) is 16.9 Å². The molecule has 2 amide bonds. The number of carbonyl (C=O) groups excluding carboxylic acids is 2. The molecule has 1 heterocycles. The highest BCUT2D eigenvalue weighted by atomic mass is 16.5. The summed E-state index contributed by atoms with van der Waals surface area (Å²) in [6.07, 6.45) is 1.59. The lowest BCUT2D eigenvalue weighted by Gasteiger charge is -2.09. The molecule has 1 aromatic heterocycles. The quantitative estimate of drug-likeness (QED) is 0.423. The van der Waals surface area contributed by atoms with Gasteiger partial charge in [-0.2, -0.15) is 5.10 Å². The maximum atomic E-state index is 13.0. The van der Waals surface area contributed by atoms with Crippen LogP contribution in [0, 0.1) is 0 Å². The minimum Gasteiger partial charge on any atom is -0.507 e. The van der Waals surface area contributed by atoms with Crippen LogP contribution in [0.5, 0.6) is 11.5 Å². The highest BCUT2D eigenvalue weighted by Crippen LogP contribution is 2.27. The third kappa shape index (κ3) is 4.29. The van der Waals surface area contributed by atoms with Gasteiger partial charge in [-0.05, 0) is 36.4 Å². The van der Waals surface area contributed by atoms with Crippen molar-refractivity contribution in [3.8, 4) is 28.4 Å². The molecule has 3 aromatic carbocycles. The molecule has 0 aliphatic rings. The minimum atomic E-state index is -0.644. The monoisotopic (exact) mass is 428 g/mol. The molecule has 0 unspecified atom stereocenters. The van der Waals surface area contributed by atoms with Gasteiger partial charge in [0.2, 0.25) is 0 Å². The molecular weight excluding hydrogens is 408 g/mol. The van der Waals surface area contributed by atoms with Crippen molar-refractivity contribution in [2.75, 3.05) is 7.11 Å². The number of hydrazine groups is 1. The summed E-state index contributed by atoms with van der Waals surface area (Å²) < 4.78 is 6.88. The number of ether oxygens (including phenoxy) is 1. The molecular formula is C24H20N4O4. The number of nitrogens with zero attached hydrogens (tertiary/aromatic N) is 2. The van der Waals surface area contributed by atoms with Gasteiger partial charge in [-0.25, -0.2) is 4.68 Å². The highest BCUT2D eigenvalue weighted by molar-refractivity contribution is 6.03. The Balaban J connectivity index is 1.65. The van der Waals surface area contributed by atoms with Crippen molar-refractivity contribution in [3.63, 3.8) is 0 Å². The number of hydrogen-bond acceptors (Lipinski definition) is 5. The molecule has 0 saturated heterocycles. The number of rotatable bonds is 5. The van der Waals surface area contributed by atoms with Gasteiger partial charge in [0.15, 0.2) is 0 Å². The van der Waals surface area contributed by atoms with Gasteiger partial charge in [0, 0.05) is 11.8 Å². The summed E-state index contributed by atoms with van der Waals surface area (Å²) in [6, 6.07) is 22.6. The van der Waals surface area contributed by atoms with Crippen LogP contribution in [0.3, 0.4) is 0 Å². The van der Waals surface area contributed by atoms with Crippen molar-refractivity contribution in [1.82, 2.24) is 20.6 Å². The van der Waals surface area contributed by atoms with Gasteiger partial charge < -0.3 is 9.84 Å². The summed E-state index contributed by atoms with van der Waals surface area (Å²) >= 11 is 0. The molecule has 0 aliphatic carbocycles. The summed E-state index contributed by atoms with van der Waals surface area (Å²) in [5.74, 6) is -0.771. The van der Waals surface area contributed by atoms with Gasteiger partial charge in [0.1, 0.15) is 17.2 Å². The molecule has 0 aliphatic heterocycles. The Labute approximate surface area is 184 Å². The zero-order chi connectivity index (χ0) is 22.5. The predicted octanol–water partition coefficient (Wildman–Crippen LogP) is 3.33. The van der Waals surface area contributed by atoms with Gasteiger partial charge in [-0.3, -0.25) is 20.4 Å². The lowest BCUT2D eigenvalue weighted by atomic mass is 10.1. The van der Waals surface area contributed by atoms with Crippen LogP contribution in [0.15, 0.2) is 85.1 Å². The Bertz CT molecular complexity index is 1270. The second-order valence-corrected chi connectivity index (χ2v) is 6.83. The Kier molecular flexibility index (Phi) is 5.85. The molecule has 32 heavy (non-hydrogen) atoms. The lowest BCUT2D eigenvalue weighted by molar-refractivity contribution is 0.0845. The summed E-state index contributed by atoms with van der Waals surface area (Å²) in [6.45, 7) is 0. The molecule has 0 atom stereocenters. The number of phenols is 1. The van der Waals surface area contributed by atoms with Crippen molar-refractivity contribution in [2.24, 2.45) is 0 Å². The van der Waals surface area contributed by atoms with E-state index in [0.29, 0.717) is 17.0 Å². The van der Waals surface area contributed by atoms with E-state index in [4.69, 9.17) is 4.74 Å². The highest BCUT2D eigenvalue weighted by Gasteiger charge is 2.20. The van der Waals surface area contributed by atoms with Gasteiger partial charge in [0.05, 0.1) is 23.9 Å². The van der Waals surface area contributed by atoms with E-state index in [2.05, 4.69) is 16.0 Å². The van der Waals surface area contributed by atoms with Crippen molar-refractivity contribution < 1.29 is 19.4 Å². The van der Waals surface area contributed by atoms with E-state index in [9.17, 15) is 14.7 Å². The maximum Gasteiger partial charge on any atom is 0.273 e. The fourth-order valence-corrected chi connectivity index (χ4v) is 3.15. The third-order valence-corrected chi connectivity index (χ3v) is 4.76. The Hall–Kier alpha value is -4.59. The van der Waals surface area contributed by atoms with E-state index >= 15 is 0 Å². The SMILES string of the molecule is COc1cccc(-c2nn(-c3ccccc3)cc2C(=O)NNC(=O)c2ccccc2O)c1. The number of aromatic hydroxyl groups is 1. The number of benzene rings is 3. The fraction of sp³-hybridized carbons (Fsp3) is 0.0417. The van der Waals surface area contributed by atoms with Crippen LogP contribution in [0.2, 0.25) is 0 Å². The summed E-state index contributed by atoms with van der Waals surface area (Å²) in [5, 5.41) is 14.4. The first-order valence-electron chi connectivity index (χ1n) is 9.75. The number of para-hydroxylation sites is 2. The molecule has 0 saturated carbocycles. The molecule has 4 aromatic rings. The first-order chi connectivity index (χ1) is 15.6. The van der Waals surface area contributed by atoms with E-state index < -0.39 is 11.8 Å². The predicted molar refractivity (Wildman–Crippen MR) is 119 cm³/mol. The number of nitrogens with one attached hydrogen (secondary N) is 2. The topological polar surface area (TPSA) is 105 Å². The van der Waals surface area contributed by atoms with Crippen LogP contribution in [0.25, 0.3) is 16.9 Å². The van der Waals surface area contributed by atoms with Crippen LogP contribution in [0.1, 0.15) is 20.7 Å². The number of carbonyl (C=O) groups is 2. The lowest BCUT2D eigenvalue weighted by Crippen LogP contribution is -2.41. The van der Waals surface area contributed by atoms with Gasteiger partial charge in [-0.1, -0.05) is 42.5 Å². The van der Waals surface area contributed by atoms with Gasteiger partial charge in [0.25, 0.3) is 11.8 Å². The Morgan fingerprint density at radius 3 is 2.28 bits per heavy atom. The second-order valence-electron chi connectivity index (χ2n) is 6.83. The minimum absolute atomic E-state index is 0.0424. The molecule has 0 radical (unpaired) electrons. The zero-order valence-corrected chi connectivity index (χ0v) is 17.1. The fourth-order valence-electron chi connectivity index (χ4n) is 3.15. The first kappa shape index (κ1) is 20.7. The zero-order valence-electron chi connectivity index (χ0n) is 17.1. The number of amides is 2. The molecule has 0 bridgehead atoms. The van der Waals surface area contributed by atoms with Crippen molar-refractivity contribution in [2.45, 2.75) is 0 Å². The third-order valence-electron chi connectivity index (χ3n) is 4.76. The molecule has 0 spiro atoms. The normalized spacial score (nSPS) is 10.4. The molecule has 8 heteroatoms. The van der Waals surface area contributed by atoms with E-state index in [1.165, 1.54) is 12.1 Å². The first-order valence-corrected chi connectivity index (χ1v) is 9.75. The van der Waals surface area contributed by atoms with Gasteiger partial charge >= 0.3 is 0 Å². The van der Waals surface area contributed by atoms with E-state index in [0.717, 1.165) is 5.69 Å². The Morgan fingerprint density at radius 1 is 0.875 bits per heavy atom. The van der Waals surface area contributed by atoms with Crippen LogP contribution >= 0.6 is 0 Å². The Morgan fingerprint density at radius 2 is 1.56 bits per heavy atom. The van der Waals surface area contributed by atoms with Crippen molar-refractivity contribution >= 4 is 11.8 Å². The van der Waals surface area contributed by atoms with E-state index in [1.807, 2.05) is 36.4 Å². The summed E-state index contributed by atoms with van der Waals surface area (Å²) in [7, 11) is 1.56. The molecule has 8 nitrogen and oxygen atoms in total. The summed E-state index contributed by atoms with van der Waals surface area (Å²) in [4.78, 5) is 25.3. The standard InChI is InChI=1S/C24H20N4O4/c1-32-18-11-7-8-16(14-18)22-20(15-28(27-22)17-9-3-2-4-10-17)24(31)26-25-23(30)19-12-5-6-13-21(19)29/h2-15,29H,1H3,(H,25,30)(H,26,31). The van der Waals surface area contributed by atoms with Crippen molar-refractivity contribution in [3.05, 3.63) is 96.2 Å². The van der Waals surface area contributed by atoms with E-state index in [1.54, 1.807) is 48.3 Å². The largest absolute Gasteiger partial charge is 0.507 e. The van der Waals surface area contributed by atoms with Crippen molar-refractivity contribution in [1.29, 1.82) is 0 Å². The van der Waals surface area contributed by atoms with Crippen LogP contribution in [-0.2, 0) is 0 Å². The summed E-state index contributed by atoms with van der Waals surface area (Å²) in [5.41, 5.74) is 6.88. The number of methoxy groups -OCH3 is 1. The number of phenolic OH excluding ortho intramolecular Hbond substituents is 1. The van der Waals surface area contributed by atoms with Crippen LogP contribution in [-0.4, -0.2) is 33.8 Å². The second kappa shape index (κ2) is 9.05. The average molecular weight is 428 g/mol. The van der Waals surface area contributed by atoms with Gasteiger partial charge in [-0.15, -0.1) is 0 Å². The average Bonchev–Trinajstić information content (AvgIpc) is 3.29. The number of aromatic nitrogens is 2. The number of hydrogen-bond donors (Lipinski definition) is 3. The van der Waals surface area contributed by atoms with Crippen LogP contribution < -0.4 is 15.6 Å². The maximum absolute atomic E-state index is 13.0. The van der Waals surface area contributed by atoms with Crippen LogP contribution in [0.4, 0.5) is 0 Å². The molecule has 160 valence electrons. The molecule has 4 rings (SSSR count). The molecule has 3 N–H and O–H groups in total. The smallest absolute Gasteiger partial charge is 0.273 e. The molecule has 0 fully saturated rings.